The van der Waals surface area contributed by atoms with Crippen LogP contribution < -0.4 is 25.4 Å². The van der Waals surface area contributed by atoms with Crippen molar-refractivity contribution in [2.45, 2.75) is 63.6 Å². The molecule has 1 spiro atoms. The zero-order valence-corrected chi connectivity index (χ0v) is 36.2. The number of hydrogen-bond donors (Lipinski definition) is 5. The van der Waals surface area contributed by atoms with Crippen molar-refractivity contribution in [3.63, 3.8) is 0 Å². The largest absolute Gasteiger partial charge is 0.508 e. The highest BCUT2D eigenvalue weighted by Gasteiger charge is 2.53. The molecule has 5 N–H and O–H groups in total. The van der Waals surface area contributed by atoms with Crippen molar-refractivity contribution in [1.29, 1.82) is 0 Å². The molecule has 65 heavy (non-hydrogen) atoms. The van der Waals surface area contributed by atoms with Crippen LogP contribution in [0.5, 0.6) is 28.7 Å². The Kier molecular flexibility index (Phi) is 13.8. The minimum Gasteiger partial charge on any atom is -0.508 e. The Hall–Kier alpha value is -7.55. The maximum absolute atomic E-state index is 13.4. The molecule has 2 amide bonds. The number of fused-ring (bicyclic) bond motifs is 6. The molecule has 2 heterocycles. The highest BCUT2D eigenvalue weighted by atomic mass is 16.6. The van der Waals surface area contributed by atoms with E-state index in [1.54, 1.807) is 24.3 Å². The number of phenols is 2. The standard InChI is InChI=1S/C54H51N3O8/c1-36(57-35-39-12-5-4-6-13-39)40-17-10-18-44(31-40)63-29-11-16-37-14-9-15-38(30-37)19-26-51(60)55-27-7-2-3-8-28-56-52(61)41-20-23-46-45(32-41)53(62)65-54(46)47-24-21-42(58)33-49(47)64-50-34-43(59)22-25-48(50)54/h4-6,9-10,12-15,17-18,20-25,30-34,36,57-59H,2-3,7-8,19,26-29,35H2,1H3,(H,55,60)(H,56,61). The van der Waals surface area contributed by atoms with E-state index >= 15 is 0 Å². The number of amides is 2. The van der Waals surface area contributed by atoms with Crippen LogP contribution in [0.15, 0.2) is 133 Å². The Morgan fingerprint density at radius 3 is 2.17 bits per heavy atom. The van der Waals surface area contributed by atoms with Gasteiger partial charge in [-0.1, -0.05) is 85.3 Å². The maximum atomic E-state index is 13.4. The zero-order chi connectivity index (χ0) is 45.2. The summed E-state index contributed by atoms with van der Waals surface area (Å²) in [4.78, 5) is 39.2. The second-order valence-electron chi connectivity index (χ2n) is 16.3. The van der Waals surface area contributed by atoms with E-state index in [1.165, 1.54) is 35.9 Å². The molecule has 330 valence electrons. The number of rotatable bonds is 17. The van der Waals surface area contributed by atoms with Crippen molar-refractivity contribution in [2.75, 3.05) is 19.7 Å². The lowest BCUT2D eigenvalue weighted by atomic mass is 9.77. The molecule has 0 radical (unpaired) electrons. The third-order valence-electron chi connectivity index (χ3n) is 11.7. The third kappa shape index (κ3) is 10.5. The molecule has 0 saturated heterocycles. The molecule has 8 rings (SSSR count). The number of phenolic OH excluding ortho intramolecular Hbond substituents is 2. The molecule has 1 unspecified atom stereocenters. The molecular formula is C54H51N3O8. The van der Waals surface area contributed by atoms with Crippen LogP contribution in [0.25, 0.3) is 0 Å². The Bertz CT molecular complexity index is 2710. The van der Waals surface area contributed by atoms with E-state index in [0.717, 1.165) is 54.7 Å². The van der Waals surface area contributed by atoms with E-state index < -0.39 is 11.6 Å². The van der Waals surface area contributed by atoms with Crippen molar-refractivity contribution in [3.8, 4) is 40.6 Å². The normalized spacial score (nSPS) is 13.2. The van der Waals surface area contributed by atoms with Crippen LogP contribution in [0, 0.1) is 11.8 Å². The first-order chi connectivity index (χ1) is 31.7. The van der Waals surface area contributed by atoms with Crippen LogP contribution in [-0.4, -0.2) is 47.7 Å². The predicted molar refractivity (Wildman–Crippen MR) is 247 cm³/mol. The number of aromatic hydroxyl groups is 2. The number of carbonyl (C=O) groups is 3. The first kappa shape index (κ1) is 44.1. The first-order valence-corrected chi connectivity index (χ1v) is 22.0. The molecule has 0 saturated carbocycles. The summed E-state index contributed by atoms with van der Waals surface area (Å²) in [6.07, 6.45) is 4.35. The number of unbranched alkanes of at least 4 members (excludes halogenated alkanes) is 3. The molecule has 2 aliphatic heterocycles. The third-order valence-corrected chi connectivity index (χ3v) is 11.7. The van der Waals surface area contributed by atoms with Crippen molar-refractivity contribution >= 4 is 17.8 Å². The average molecular weight is 870 g/mol. The molecule has 6 aromatic carbocycles. The number of esters is 1. The quantitative estimate of drug-likeness (QED) is 0.0343. The van der Waals surface area contributed by atoms with E-state index in [-0.39, 0.29) is 53.0 Å². The van der Waals surface area contributed by atoms with Gasteiger partial charge in [0.1, 0.15) is 35.4 Å². The fourth-order valence-electron chi connectivity index (χ4n) is 8.25. The summed E-state index contributed by atoms with van der Waals surface area (Å²) < 4.78 is 18.1. The highest BCUT2D eigenvalue weighted by molar-refractivity contribution is 6.01. The van der Waals surface area contributed by atoms with Crippen LogP contribution in [0.4, 0.5) is 0 Å². The lowest BCUT2D eigenvalue weighted by Gasteiger charge is -2.36. The van der Waals surface area contributed by atoms with Crippen LogP contribution in [-0.2, 0) is 28.1 Å². The first-order valence-electron chi connectivity index (χ1n) is 22.0. The molecular weight excluding hydrogens is 819 g/mol. The van der Waals surface area contributed by atoms with E-state index in [2.05, 4.69) is 52.9 Å². The van der Waals surface area contributed by atoms with Gasteiger partial charge in [-0.3, -0.25) is 9.59 Å². The van der Waals surface area contributed by atoms with Gasteiger partial charge in [-0.05, 0) is 104 Å². The average Bonchev–Trinajstić information content (AvgIpc) is 3.61. The summed E-state index contributed by atoms with van der Waals surface area (Å²) in [6, 6.07) is 40.5. The van der Waals surface area contributed by atoms with Gasteiger partial charge in [-0.15, -0.1) is 0 Å². The van der Waals surface area contributed by atoms with Gasteiger partial charge in [0.15, 0.2) is 5.60 Å². The fourth-order valence-corrected chi connectivity index (χ4v) is 8.25. The van der Waals surface area contributed by atoms with Crippen molar-refractivity contribution in [1.82, 2.24) is 16.0 Å². The Balaban J connectivity index is 0.724. The van der Waals surface area contributed by atoms with Crippen LogP contribution >= 0.6 is 0 Å². The molecule has 11 nitrogen and oxygen atoms in total. The summed E-state index contributed by atoms with van der Waals surface area (Å²) in [7, 11) is 0. The van der Waals surface area contributed by atoms with Gasteiger partial charge in [-0.2, -0.15) is 0 Å². The van der Waals surface area contributed by atoms with E-state index in [9.17, 15) is 24.6 Å². The lowest BCUT2D eigenvalue weighted by molar-refractivity contribution is -0.121. The molecule has 1 atom stereocenters. The van der Waals surface area contributed by atoms with Crippen LogP contribution in [0.3, 0.4) is 0 Å². The smallest absolute Gasteiger partial charge is 0.340 e. The topological polar surface area (TPSA) is 155 Å². The fraction of sp³-hybridized carbons (Fsp3) is 0.241. The zero-order valence-electron chi connectivity index (χ0n) is 36.2. The number of ether oxygens (including phenoxy) is 3. The summed E-state index contributed by atoms with van der Waals surface area (Å²) in [6.45, 7) is 4.23. The van der Waals surface area contributed by atoms with Crippen molar-refractivity contribution in [2.24, 2.45) is 0 Å². The molecule has 0 aromatic heterocycles. The monoisotopic (exact) mass is 869 g/mol. The number of nitrogens with one attached hydrogen (secondary N) is 3. The van der Waals surface area contributed by atoms with Gasteiger partial charge in [0.2, 0.25) is 5.91 Å². The molecule has 0 fully saturated rings. The Morgan fingerprint density at radius 1 is 0.723 bits per heavy atom. The molecule has 2 aliphatic rings. The van der Waals surface area contributed by atoms with Crippen LogP contribution in [0.2, 0.25) is 0 Å². The van der Waals surface area contributed by atoms with Gasteiger partial charge in [0.05, 0.1) is 5.56 Å². The van der Waals surface area contributed by atoms with E-state index in [1.807, 2.05) is 60.7 Å². The Morgan fingerprint density at radius 2 is 1.42 bits per heavy atom. The van der Waals surface area contributed by atoms with Gasteiger partial charge in [0, 0.05) is 72.0 Å². The molecule has 6 aromatic rings. The predicted octanol–water partition coefficient (Wildman–Crippen LogP) is 8.99. The molecule has 0 aliphatic carbocycles. The van der Waals surface area contributed by atoms with Crippen molar-refractivity contribution < 1.29 is 38.8 Å². The lowest BCUT2D eigenvalue weighted by Crippen LogP contribution is -2.33. The number of benzene rings is 6. The minimum atomic E-state index is -1.39. The molecule has 0 bridgehead atoms. The number of aryl methyl sites for hydroxylation is 1. The molecule has 11 heteroatoms. The number of carbonyl (C=O) groups excluding carboxylic acids is 3. The summed E-state index contributed by atoms with van der Waals surface area (Å²) in [5.74, 6) is 6.67. The Labute approximate surface area is 378 Å². The second kappa shape index (κ2) is 20.3. The SMILES string of the molecule is CC(NCc1ccccc1)c1cccc(OCC#Cc2cccc(CCC(=O)NCCCCCCNC(=O)c3ccc4c(c3)C(=O)OC43c4ccc(O)cc4Oc4cc(O)ccc43)c2)c1. The minimum absolute atomic E-state index is 0.00180. The van der Waals surface area contributed by atoms with Gasteiger partial charge >= 0.3 is 5.97 Å². The number of hydrogen-bond acceptors (Lipinski definition) is 9. The maximum Gasteiger partial charge on any atom is 0.340 e. The van der Waals surface area contributed by atoms with Gasteiger partial charge in [-0.25, -0.2) is 4.79 Å². The van der Waals surface area contributed by atoms with Crippen molar-refractivity contribution in [3.05, 3.63) is 184 Å². The van der Waals surface area contributed by atoms with E-state index in [4.69, 9.17) is 14.2 Å². The van der Waals surface area contributed by atoms with Gasteiger partial charge < -0.3 is 40.4 Å². The van der Waals surface area contributed by atoms with E-state index in [0.29, 0.717) is 48.2 Å². The second-order valence-corrected chi connectivity index (χ2v) is 16.3. The summed E-state index contributed by atoms with van der Waals surface area (Å²) >= 11 is 0. The summed E-state index contributed by atoms with van der Waals surface area (Å²) in [5, 5.41) is 29.8. The summed E-state index contributed by atoms with van der Waals surface area (Å²) in [5.41, 5.74) is 5.04. The van der Waals surface area contributed by atoms with Gasteiger partial charge in [0.25, 0.3) is 5.91 Å². The highest BCUT2D eigenvalue weighted by Crippen LogP contribution is 2.57. The van der Waals surface area contributed by atoms with Crippen LogP contribution in [0.1, 0.15) is 105 Å².